The SMILES string of the molecule is N=c1c2ncn([C@@H]3O[C@H](CO)[C@H](O)[C@@H]3O)c2ncn1O. The molecule has 0 unspecified atom stereocenters. The molecule has 2 aromatic heterocycles. The maximum atomic E-state index is 9.95. The highest BCUT2D eigenvalue weighted by Crippen LogP contribution is 2.30. The second-order valence-electron chi connectivity index (χ2n) is 4.49. The average Bonchev–Trinajstić information content (AvgIpc) is 2.98. The summed E-state index contributed by atoms with van der Waals surface area (Å²) in [6.07, 6.45) is -2.07. The van der Waals surface area contributed by atoms with E-state index in [-0.39, 0.29) is 16.7 Å². The normalized spacial score (nSPS) is 30.1. The van der Waals surface area contributed by atoms with Crippen molar-refractivity contribution in [3.63, 3.8) is 0 Å². The lowest BCUT2D eigenvalue weighted by Gasteiger charge is -2.16. The number of nitrogens with one attached hydrogen (secondary N) is 1. The predicted molar refractivity (Wildman–Crippen MR) is 61.6 cm³/mol. The topological polar surface area (TPSA) is 150 Å². The van der Waals surface area contributed by atoms with Crippen LogP contribution < -0.4 is 5.49 Å². The van der Waals surface area contributed by atoms with E-state index in [0.29, 0.717) is 4.73 Å². The van der Waals surface area contributed by atoms with Crippen molar-refractivity contribution in [2.75, 3.05) is 6.61 Å². The van der Waals surface area contributed by atoms with Gasteiger partial charge in [0.25, 0.3) is 0 Å². The molecular formula is C10H13N5O5. The van der Waals surface area contributed by atoms with E-state index in [0.717, 1.165) is 6.33 Å². The first-order valence-corrected chi connectivity index (χ1v) is 5.85. The monoisotopic (exact) mass is 283 g/mol. The minimum Gasteiger partial charge on any atom is -0.425 e. The fourth-order valence-corrected chi connectivity index (χ4v) is 2.22. The number of aliphatic hydroxyl groups excluding tert-OH is 3. The zero-order valence-electron chi connectivity index (χ0n) is 10.2. The van der Waals surface area contributed by atoms with Crippen LogP contribution in [-0.4, -0.2) is 64.7 Å². The number of ether oxygens (including phenoxy) is 1. The highest BCUT2D eigenvalue weighted by Gasteiger charge is 2.43. The molecule has 4 atom stereocenters. The van der Waals surface area contributed by atoms with Gasteiger partial charge in [-0.2, -0.15) is 4.73 Å². The van der Waals surface area contributed by atoms with E-state index in [9.17, 15) is 15.4 Å². The van der Waals surface area contributed by atoms with Gasteiger partial charge in [0.05, 0.1) is 12.9 Å². The summed E-state index contributed by atoms with van der Waals surface area (Å²) in [5.74, 6) is 0. The molecule has 3 heterocycles. The van der Waals surface area contributed by atoms with Crippen molar-refractivity contribution >= 4 is 11.2 Å². The Labute approximate surface area is 111 Å². The molecule has 1 aliphatic rings. The Hall–Kier alpha value is -2.01. The third-order valence-electron chi connectivity index (χ3n) is 3.30. The molecule has 1 saturated heterocycles. The zero-order valence-corrected chi connectivity index (χ0v) is 10.2. The van der Waals surface area contributed by atoms with Crippen molar-refractivity contribution < 1.29 is 25.3 Å². The van der Waals surface area contributed by atoms with Gasteiger partial charge in [-0.15, -0.1) is 0 Å². The van der Waals surface area contributed by atoms with Gasteiger partial charge in [-0.3, -0.25) is 9.98 Å². The zero-order chi connectivity index (χ0) is 14.4. The molecule has 10 nitrogen and oxygen atoms in total. The average molecular weight is 283 g/mol. The lowest BCUT2D eigenvalue weighted by molar-refractivity contribution is -0.0511. The van der Waals surface area contributed by atoms with E-state index < -0.39 is 31.1 Å². The van der Waals surface area contributed by atoms with Gasteiger partial charge in [0, 0.05) is 0 Å². The Morgan fingerprint density at radius 1 is 1.25 bits per heavy atom. The molecular weight excluding hydrogens is 270 g/mol. The van der Waals surface area contributed by atoms with E-state index >= 15 is 0 Å². The highest BCUT2D eigenvalue weighted by molar-refractivity contribution is 5.68. The van der Waals surface area contributed by atoms with Gasteiger partial charge < -0.3 is 25.3 Å². The number of aromatic nitrogens is 4. The van der Waals surface area contributed by atoms with Crippen LogP contribution in [0.4, 0.5) is 0 Å². The Kier molecular flexibility index (Phi) is 2.94. The summed E-state index contributed by atoms with van der Waals surface area (Å²) in [5.41, 5.74) is 0.0726. The van der Waals surface area contributed by atoms with E-state index in [1.165, 1.54) is 10.9 Å². The Morgan fingerprint density at radius 3 is 2.65 bits per heavy atom. The molecule has 20 heavy (non-hydrogen) atoms. The number of rotatable bonds is 2. The van der Waals surface area contributed by atoms with E-state index in [1.807, 2.05) is 0 Å². The minimum atomic E-state index is -1.26. The molecule has 1 aliphatic heterocycles. The van der Waals surface area contributed by atoms with Gasteiger partial charge in [0.15, 0.2) is 22.9 Å². The molecule has 0 bridgehead atoms. The predicted octanol–water partition coefficient (Wildman–Crippen LogP) is -2.44. The first-order valence-electron chi connectivity index (χ1n) is 5.85. The van der Waals surface area contributed by atoms with Crippen LogP contribution in [0.2, 0.25) is 0 Å². The van der Waals surface area contributed by atoms with Crippen LogP contribution in [0.1, 0.15) is 6.23 Å². The smallest absolute Gasteiger partial charge is 0.192 e. The lowest BCUT2D eigenvalue weighted by atomic mass is 10.1. The van der Waals surface area contributed by atoms with Crippen molar-refractivity contribution in [3.8, 4) is 0 Å². The van der Waals surface area contributed by atoms with Crippen molar-refractivity contribution in [2.24, 2.45) is 0 Å². The Bertz CT molecular complexity index is 697. The molecule has 10 heteroatoms. The third kappa shape index (κ3) is 1.70. The molecule has 2 aromatic rings. The highest BCUT2D eigenvalue weighted by atomic mass is 16.6. The molecule has 0 radical (unpaired) electrons. The summed E-state index contributed by atoms with van der Waals surface area (Å²) in [5, 5.41) is 45.7. The minimum absolute atomic E-state index is 0.118. The fraction of sp³-hybridized carbons (Fsp3) is 0.500. The molecule has 5 N–H and O–H groups in total. The van der Waals surface area contributed by atoms with Crippen molar-refractivity contribution in [1.82, 2.24) is 19.3 Å². The van der Waals surface area contributed by atoms with E-state index in [2.05, 4.69) is 9.97 Å². The van der Waals surface area contributed by atoms with Crippen molar-refractivity contribution in [2.45, 2.75) is 24.5 Å². The summed E-state index contributed by atoms with van der Waals surface area (Å²) < 4.78 is 7.22. The fourth-order valence-electron chi connectivity index (χ4n) is 2.22. The van der Waals surface area contributed by atoms with E-state index in [4.69, 9.17) is 15.3 Å². The number of nitrogens with zero attached hydrogens (tertiary/aromatic N) is 4. The molecule has 0 aromatic carbocycles. The van der Waals surface area contributed by atoms with Crippen LogP contribution in [0.5, 0.6) is 0 Å². The molecule has 1 fully saturated rings. The maximum Gasteiger partial charge on any atom is 0.192 e. The summed E-state index contributed by atoms with van der Waals surface area (Å²) in [7, 11) is 0. The summed E-state index contributed by atoms with van der Waals surface area (Å²) in [6, 6.07) is 0. The summed E-state index contributed by atoms with van der Waals surface area (Å²) >= 11 is 0. The first kappa shape index (κ1) is 13.0. The molecule has 0 saturated carbocycles. The molecule has 0 aliphatic carbocycles. The number of aliphatic hydroxyl groups is 3. The third-order valence-corrected chi connectivity index (χ3v) is 3.30. The summed E-state index contributed by atoms with van der Waals surface area (Å²) in [6.45, 7) is -0.435. The van der Waals surface area contributed by atoms with Crippen LogP contribution in [0.3, 0.4) is 0 Å². The second kappa shape index (κ2) is 4.52. The molecule has 3 rings (SSSR count). The van der Waals surface area contributed by atoms with Gasteiger partial charge in [-0.1, -0.05) is 0 Å². The Balaban J connectivity index is 2.08. The van der Waals surface area contributed by atoms with Gasteiger partial charge in [-0.25, -0.2) is 9.97 Å². The first-order chi connectivity index (χ1) is 9.54. The largest absolute Gasteiger partial charge is 0.425 e. The molecule has 0 amide bonds. The number of hydrogen-bond donors (Lipinski definition) is 5. The second-order valence-corrected chi connectivity index (χ2v) is 4.49. The standard InChI is InChI=1S/C10H13N5O5/c11-8-5-9(13-3-15(8)19)14(2-12-5)10-7(18)6(17)4(1-16)20-10/h2-4,6-7,10-11,16-19H,1H2/t4-,6+,7+,10-/m1/s1. The number of hydrogen-bond acceptors (Lipinski definition) is 8. The Morgan fingerprint density at radius 2 is 2.00 bits per heavy atom. The van der Waals surface area contributed by atoms with Crippen LogP contribution in [-0.2, 0) is 4.74 Å². The quantitative estimate of drug-likeness (QED) is 0.384. The number of imidazole rings is 1. The van der Waals surface area contributed by atoms with Crippen molar-refractivity contribution in [3.05, 3.63) is 18.1 Å². The van der Waals surface area contributed by atoms with Crippen molar-refractivity contribution in [1.29, 1.82) is 5.41 Å². The lowest BCUT2D eigenvalue weighted by Crippen LogP contribution is -2.33. The molecule has 108 valence electrons. The van der Waals surface area contributed by atoms with Gasteiger partial charge in [0.1, 0.15) is 24.6 Å². The maximum absolute atomic E-state index is 9.95. The molecule has 0 spiro atoms. The number of fused-ring (bicyclic) bond motifs is 1. The van der Waals surface area contributed by atoms with Gasteiger partial charge >= 0.3 is 0 Å². The summed E-state index contributed by atoms with van der Waals surface area (Å²) in [4.78, 5) is 7.85. The van der Waals surface area contributed by atoms with Gasteiger partial charge in [0.2, 0.25) is 0 Å². The van der Waals surface area contributed by atoms with Gasteiger partial charge in [-0.05, 0) is 0 Å². The van der Waals surface area contributed by atoms with E-state index in [1.54, 1.807) is 0 Å². The van der Waals surface area contributed by atoms with Crippen LogP contribution in [0.25, 0.3) is 11.2 Å². The van der Waals surface area contributed by atoms with Crippen LogP contribution >= 0.6 is 0 Å². The van der Waals surface area contributed by atoms with Crippen LogP contribution in [0, 0.1) is 5.41 Å². The van der Waals surface area contributed by atoms with Crippen LogP contribution in [0.15, 0.2) is 12.7 Å².